The Labute approximate surface area is 147 Å². The SMILES string of the molecule is COc1ccc(-c2cccc(C(=O)NCCN3CCOCC3)c2)nn1. The van der Waals surface area contributed by atoms with Crippen molar-refractivity contribution in [3.05, 3.63) is 42.0 Å². The molecule has 1 aromatic carbocycles. The summed E-state index contributed by atoms with van der Waals surface area (Å²) < 4.78 is 10.3. The maximum atomic E-state index is 12.4. The van der Waals surface area contributed by atoms with Gasteiger partial charge in [-0.15, -0.1) is 10.2 Å². The van der Waals surface area contributed by atoms with Crippen LogP contribution in [0, 0.1) is 0 Å². The van der Waals surface area contributed by atoms with Crippen LogP contribution in [0.15, 0.2) is 36.4 Å². The quantitative estimate of drug-likeness (QED) is 0.850. The molecule has 1 amide bonds. The Bertz CT molecular complexity index is 700. The van der Waals surface area contributed by atoms with Crippen LogP contribution in [0.2, 0.25) is 0 Å². The Morgan fingerprint density at radius 3 is 2.80 bits per heavy atom. The van der Waals surface area contributed by atoms with E-state index in [-0.39, 0.29) is 5.91 Å². The van der Waals surface area contributed by atoms with E-state index in [2.05, 4.69) is 20.4 Å². The van der Waals surface area contributed by atoms with E-state index >= 15 is 0 Å². The fourth-order valence-corrected chi connectivity index (χ4v) is 2.66. The number of carbonyl (C=O) groups excluding carboxylic acids is 1. The van der Waals surface area contributed by atoms with Crippen LogP contribution in [-0.2, 0) is 4.74 Å². The van der Waals surface area contributed by atoms with Crippen molar-refractivity contribution in [3.8, 4) is 17.1 Å². The molecule has 1 saturated heterocycles. The van der Waals surface area contributed by atoms with E-state index < -0.39 is 0 Å². The molecule has 0 atom stereocenters. The highest BCUT2D eigenvalue weighted by Crippen LogP contribution is 2.19. The molecule has 0 unspecified atom stereocenters. The zero-order chi connectivity index (χ0) is 17.5. The third kappa shape index (κ3) is 4.74. The van der Waals surface area contributed by atoms with Gasteiger partial charge in [-0.1, -0.05) is 12.1 Å². The number of aromatic nitrogens is 2. The van der Waals surface area contributed by atoms with Gasteiger partial charge in [-0.2, -0.15) is 0 Å². The molecule has 2 aromatic rings. The van der Waals surface area contributed by atoms with Gasteiger partial charge in [-0.3, -0.25) is 9.69 Å². The molecule has 1 aliphatic rings. The summed E-state index contributed by atoms with van der Waals surface area (Å²) >= 11 is 0. The molecule has 1 N–H and O–H groups in total. The second-order valence-electron chi connectivity index (χ2n) is 5.75. The third-order valence-corrected chi connectivity index (χ3v) is 4.09. The molecule has 1 aliphatic heterocycles. The van der Waals surface area contributed by atoms with Crippen LogP contribution < -0.4 is 10.1 Å². The molecule has 2 heterocycles. The molecule has 0 spiro atoms. The lowest BCUT2D eigenvalue weighted by Crippen LogP contribution is -2.41. The van der Waals surface area contributed by atoms with Gasteiger partial charge >= 0.3 is 0 Å². The number of carbonyl (C=O) groups is 1. The highest BCUT2D eigenvalue weighted by molar-refractivity contribution is 5.95. The van der Waals surface area contributed by atoms with Crippen LogP contribution in [0.5, 0.6) is 5.88 Å². The van der Waals surface area contributed by atoms with Crippen LogP contribution in [-0.4, -0.2) is 67.5 Å². The minimum Gasteiger partial charge on any atom is -0.480 e. The van der Waals surface area contributed by atoms with Crippen LogP contribution in [0.25, 0.3) is 11.3 Å². The summed E-state index contributed by atoms with van der Waals surface area (Å²) in [5.41, 5.74) is 2.15. The van der Waals surface area contributed by atoms with Gasteiger partial charge in [0.05, 0.1) is 26.0 Å². The first-order chi connectivity index (χ1) is 12.3. The summed E-state index contributed by atoms with van der Waals surface area (Å²) in [5.74, 6) is 0.373. The molecule has 0 saturated carbocycles. The molecule has 1 fully saturated rings. The number of ether oxygens (including phenoxy) is 2. The van der Waals surface area contributed by atoms with Crippen molar-refractivity contribution in [1.82, 2.24) is 20.4 Å². The first-order valence-corrected chi connectivity index (χ1v) is 8.33. The van der Waals surface area contributed by atoms with Gasteiger partial charge in [-0.05, 0) is 18.2 Å². The van der Waals surface area contributed by atoms with Gasteiger partial charge in [0, 0.05) is 43.4 Å². The standard InChI is InChI=1S/C18H22N4O3/c1-24-17-6-5-16(20-21-17)14-3-2-4-15(13-14)18(23)19-7-8-22-9-11-25-12-10-22/h2-6,13H,7-12H2,1H3,(H,19,23). The fourth-order valence-electron chi connectivity index (χ4n) is 2.66. The fraction of sp³-hybridized carbons (Fsp3) is 0.389. The Morgan fingerprint density at radius 1 is 1.24 bits per heavy atom. The van der Waals surface area contributed by atoms with E-state index in [0.717, 1.165) is 38.4 Å². The highest BCUT2D eigenvalue weighted by Gasteiger charge is 2.11. The largest absolute Gasteiger partial charge is 0.480 e. The van der Waals surface area contributed by atoms with Gasteiger partial charge in [-0.25, -0.2) is 0 Å². The minimum absolute atomic E-state index is 0.0865. The average molecular weight is 342 g/mol. The summed E-state index contributed by atoms with van der Waals surface area (Å²) in [6, 6.07) is 10.9. The van der Waals surface area contributed by atoms with Crippen LogP contribution in [0.1, 0.15) is 10.4 Å². The number of hydrogen-bond acceptors (Lipinski definition) is 6. The molecule has 0 aliphatic carbocycles. The number of hydrogen-bond donors (Lipinski definition) is 1. The van der Waals surface area contributed by atoms with Crippen molar-refractivity contribution in [1.29, 1.82) is 0 Å². The Balaban J connectivity index is 1.58. The number of nitrogens with one attached hydrogen (secondary N) is 1. The molecular weight excluding hydrogens is 320 g/mol. The topological polar surface area (TPSA) is 76.6 Å². The van der Waals surface area contributed by atoms with Gasteiger partial charge in [0.25, 0.3) is 5.91 Å². The molecule has 25 heavy (non-hydrogen) atoms. The second kappa shape index (κ2) is 8.55. The molecule has 1 aromatic heterocycles. The average Bonchev–Trinajstić information content (AvgIpc) is 2.69. The first-order valence-electron chi connectivity index (χ1n) is 8.33. The van der Waals surface area contributed by atoms with Crippen molar-refractivity contribution in [3.63, 3.8) is 0 Å². The molecule has 7 nitrogen and oxygen atoms in total. The summed E-state index contributed by atoms with van der Waals surface area (Å²) in [6.45, 7) is 4.81. The number of nitrogens with zero attached hydrogens (tertiary/aromatic N) is 3. The van der Waals surface area contributed by atoms with Crippen molar-refractivity contribution < 1.29 is 14.3 Å². The molecule has 7 heteroatoms. The molecule has 0 bridgehead atoms. The van der Waals surface area contributed by atoms with Crippen LogP contribution in [0.3, 0.4) is 0 Å². The first kappa shape index (κ1) is 17.3. The predicted molar refractivity (Wildman–Crippen MR) is 93.6 cm³/mol. The highest BCUT2D eigenvalue weighted by atomic mass is 16.5. The normalized spacial score (nSPS) is 14.9. The van der Waals surface area contributed by atoms with E-state index in [9.17, 15) is 4.79 Å². The maximum Gasteiger partial charge on any atom is 0.251 e. The zero-order valence-electron chi connectivity index (χ0n) is 14.3. The van der Waals surface area contributed by atoms with E-state index in [0.29, 0.717) is 23.7 Å². The predicted octanol–water partition coefficient (Wildman–Crippen LogP) is 1.21. The molecule has 3 rings (SSSR count). The number of rotatable bonds is 6. The van der Waals surface area contributed by atoms with Crippen molar-refractivity contribution >= 4 is 5.91 Å². The smallest absolute Gasteiger partial charge is 0.251 e. The Morgan fingerprint density at radius 2 is 2.08 bits per heavy atom. The number of benzene rings is 1. The second-order valence-corrected chi connectivity index (χ2v) is 5.75. The molecular formula is C18H22N4O3. The minimum atomic E-state index is -0.0865. The van der Waals surface area contributed by atoms with Crippen molar-refractivity contribution in [2.45, 2.75) is 0 Å². The number of methoxy groups -OCH3 is 1. The van der Waals surface area contributed by atoms with Gasteiger partial charge in [0.1, 0.15) is 0 Å². The van der Waals surface area contributed by atoms with E-state index in [1.54, 1.807) is 19.2 Å². The van der Waals surface area contributed by atoms with E-state index in [1.165, 1.54) is 0 Å². The molecule has 132 valence electrons. The van der Waals surface area contributed by atoms with Gasteiger partial charge in [0.15, 0.2) is 0 Å². The lowest BCUT2D eigenvalue weighted by molar-refractivity contribution is 0.0383. The van der Waals surface area contributed by atoms with E-state index in [1.807, 2.05) is 24.3 Å². The number of morpholine rings is 1. The van der Waals surface area contributed by atoms with Crippen LogP contribution >= 0.6 is 0 Å². The summed E-state index contributed by atoms with van der Waals surface area (Å²) in [6.07, 6.45) is 0. The Hall–Kier alpha value is -2.51. The van der Waals surface area contributed by atoms with Crippen LogP contribution in [0.4, 0.5) is 0 Å². The summed E-state index contributed by atoms with van der Waals surface area (Å²) in [5, 5.41) is 11.0. The van der Waals surface area contributed by atoms with Gasteiger partial charge < -0.3 is 14.8 Å². The van der Waals surface area contributed by atoms with Crippen molar-refractivity contribution in [2.24, 2.45) is 0 Å². The third-order valence-electron chi connectivity index (χ3n) is 4.09. The zero-order valence-corrected chi connectivity index (χ0v) is 14.3. The summed E-state index contributed by atoms with van der Waals surface area (Å²) in [7, 11) is 1.55. The van der Waals surface area contributed by atoms with Gasteiger partial charge in [0.2, 0.25) is 5.88 Å². The van der Waals surface area contributed by atoms with Crippen molar-refractivity contribution in [2.75, 3.05) is 46.5 Å². The Kier molecular flexibility index (Phi) is 5.92. The maximum absolute atomic E-state index is 12.4. The number of amides is 1. The summed E-state index contributed by atoms with van der Waals surface area (Å²) in [4.78, 5) is 14.6. The monoisotopic (exact) mass is 342 g/mol. The lowest BCUT2D eigenvalue weighted by Gasteiger charge is -2.26. The molecule has 0 radical (unpaired) electrons. The van der Waals surface area contributed by atoms with E-state index in [4.69, 9.17) is 9.47 Å². The lowest BCUT2D eigenvalue weighted by atomic mass is 10.1.